The van der Waals surface area contributed by atoms with E-state index in [1.54, 1.807) is 30.2 Å². The predicted octanol–water partition coefficient (Wildman–Crippen LogP) is 5.09. The Morgan fingerprint density at radius 3 is 2.62 bits per heavy atom. The Balaban J connectivity index is 2.03. The van der Waals surface area contributed by atoms with Crippen molar-refractivity contribution >= 4 is 44.2 Å². The summed E-state index contributed by atoms with van der Waals surface area (Å²) in [6, 6.07) is 9.20. The number of nitrogens with zero attached hydrogens (tertiary/aromatic N) is 3. The Morgan fingerprint density at radius 2 is 1.97 bits per heavy atom. The van der Waals surface area contributed by atoms with Gasteiger partial charge in [-0.05, 0) is 43.4 Å². The van der Waals surface area contributed by atoms with Gasteiger partial charge in [0.2, 0.25) is 0 Å². The number of carbonyl (C=O) groups is 1. The van der Waals surface area contributed by atoms with Gasteiger partial charge in [-0.25, -0.2) is 9.37 Å². The third-order valence-corrected chi connectivity index (χ3v) is 6.29. The lowest BCUT2D eigenvalue weighted by Gasteiger charge is -2.24. The molecule has 1 amide bonds. The first kappa shape index (κ1) is 21.5. The van der Waals surface area contributed by atoms with Crippen LogP contribution in [0, 0.1) is 5.82 Å². The number of methoxy groups -OCH3 is 1. The number of carbonyl (C=O) groups excluding carboxylic acids is 1. The van der Waals surface area contributed by atoms with Crippen LogP contribution in [0.5, 0.6) is 5.75 Å². The number of hydrogen-bond acceptors (Lipinski definition) is 5. The van der Waals surface area contributed by atoms with E-state index >= 15 is 0 Å². The summed E-state index contributed by atoms with van der Waals surface area (Å²) in [5.41, 5.74) is 0.891. The van der Waals surface area contributed by atoms with Crippen LogP contribution in [0.1, 0.15) is 24.2 Å². The Morgan fingerprint density at radius 1 is 1.21 bits per heavy atom. The van der Waals surface area contributed by atoms with Gasteiger partial charge in [0.15, 0.2) is 5.13 Å². The minimum absolute atomic E-state index is 0.280. The summed E-state index contributed by atoms with van der Waals surface area (Å²) < 4.78 is 19.9. The molecule has 154 valence electrons. The maximum absolute atomic E-state index is 13.7. The summed E-state index contributed by atoms with van der Waals surface area (Å²) in [5, 5.41) is 1.05. The molecular formula is C21H23ClFN3O2S. The molecule has 3 aromatic rings. The molecule has 0 atom stereocenters. The lowest BCUT2D eigenvalue weighted by atomic mass is 10.2. The molecule has 0 bridgehead atoms. The van der Waals surface area contributed by atoms with Gasteiger partial charge >= 0.3 is 0 Å². The van der Waals surface area contributed by atoms with E-state index in [1.165, 1.54) is 29.5 Å². The van der Waals surface area contributed by atoms with E-state index in [1.807, 2.05) is 0 Å². The van der Waals surface area contributed by atoms with Crippen molar-refractivity contribution in [3.8, 4) is 5.75 Å². The van der Waals surface area contributed by atoms with Gasteiger partial charge in [-0.15, -0.1) is 0 Å². The Hall–Kier alpha value is -2.22. The fraction of sp³-hybridized carbons (Fsp3) is 0.333. The van der Waals surface area contributed by atoms with E-state index in [-0.39, 0.29) is 11.5 Å². The van der Waals surface area contributed by atoms with E-state index in [2.05, 4.69) is 23.7 Å². The van der Waals surface area contributed by atoms with Crippen molar-refractivity contribution in [1.29, 1.82) is 0 Å². The average Bonchev–Trinajstić information content (AvgIpc) is 3.17. The van der Waals surface area contributed by atoms with Crippen molar-refractivity contribution < 1.29 is 13.9 Å². The summed E-state index contributed by atoms with van der Waals surface area (Å²) in [6.07, 6.45) is 0. The molecule has 29 heavy (non-hydrogen) atoms. The lowest BCUT2D eigenvalue weighted by Crippen LogP contribution is -2.38. The zero-order chi connectivity index (χ0) is 21.0. The van der Waals surface area contributed by atoms with Crippen LogP contribution in [0.25, 0.3) is 10.2 Å². The molecule has 0 radical (unpaired) electrons. The molecule has 2 aromatic carbocycles. The van der Waals surface area contributed by atoms with Crippen LogP contribution in [0.4, 0.5) is 9.52 Å². The molecule has 0 aliphatic carbocycles. The van der Waals surface area contributed by atoms with Crippen LogP contribution >= 0.6 is 22.9 Å². The highest BCUT2D eigenvalue weighted by molar-refractivity contribution is 7.23. The minimum Gasteiger partial charge on any atom is -0.494 e. The van der Waals surface area contributed by atoms with E-state index in [9.17, 15) is 9.18 Å². The standard InChI is InChI=1S/C21H23ClFN3O2S/c1-4-25(5-2)11-12-26(20(27)14-7-6-8-15(23)13-14)21-24-18-17(28-3)10-9-16(22)19(18)29-21/h6-10,13H,4-5,11-12H2,1-3H3. The van der Waals surface area contributed by atoms with Gasteiger partial charge in [0.25, 0.3) is 5.91 Å². The van der Waals surface area contributed by atoms with Crippen LogP contribution in [0.3, 0.4) is 0 Å². The minimum atomic E-state index is -0.450. The number of anilines is 1. The predicted molar refractivity (Wildman–Crippen MR) is 117 cm³/mol. The first-order chi connectivity index (χ1) is 14.0. The number of likely N-dealkylation sites (N-methyl/N-ethyl adjacent to an activating group) is 1. The first-order valence-corrected chi connectivity index (χ1v) is 10.6. The maximum atomic E-state index is 13.7. The van der Waals surface area contributed by atoms with Crippen molar-refractivity contribution in [2.45, 2.75) is 13.8 Å². The monoisotopic (exact) mass is 435 g/mol. The molecule has 0 fully saturated rings. The highest BCUT2D eigenvalue weighted by atomic mass is 35.5. The highest BCUT2D eigenvalue weighted by Crippen LogP contribution is 2.39. The van der Waals surface area contributed by atoms with Crippen LogP contribution in [0.15, 0.2) is 36.4 Å². The Labute approximate surface area is 178 Å². The third-order valence-electron chi connectivity index (χ3n) is 4.75. The fourth-order valence-electron chi connectivity index (χ4n) is 3.06. The largest absolute Gasteiger partial charge is 0.494 e. The third kappa shape index (κ3) is 4.69. The smallest absolute Gasteiger partial charge is 0.260 e. The van der Waals surface area contributed by atoms with Gasteiger partial charge < -0.3 is 9.64 Å². The Bertz CT molecular complexity index is 1010. The van der Waals surface area contributed by atoms with Crippen molar-refractivity contribution in [2.24, 2.45) is 0 Å². The van der Waals surface area contributed by atoms with Crippen molar-refractivity contribution in [2.75, 3.05) is 38.2 Å². The van der Waals surface area contributed by atoms with Gasteiger partial charge in [-0.1, -0.05) is 42.9 Å². The number of rotatable bonds is 8. The number of aromatic nitrogens is 1. The van der Waals surface area contributed by atoms with E-state index < -0.39 is 5.82 Å². The number of benzene rings is 2. The summed E-state index contributed by atoms with van der Waals surface area (Å²) in [5.74, 6) is -0.159. The quantitative estimate of drug-likeness (QED) is 0.494. The van der Waals surface area contributed by atoms with Crippen molar-refractivity contribution in [3.05, 3.63) is 52.8 Å². The van der Waals surface area contributed by atoms with Gasteiger partial charge in [-0.2, -0.15) is 0 Å². The molecule has 5 nitrogen and oxygen atoms in total. The summed E-state index contributed by atoms with van der Waals surface area (Å²) in [4.78, 5) is 21.7. The van der Waals surface area contributed by atoms with E-state index in [0.29, 0.717) is 34.5 Å². The second kappa shape index (κ2) is 9.52. The molecule has 0 N–H and O–H groups in total. The molecule has 0 unspecified atom stereocenters. The topological polar surface area (TPSA) is 45.7 Å². The normalized spacial score (nSPS) is 11.2. The number of hydrogen-bond donors (Lipinski definition) is 0. The SMILES string of the molecule is CCN(CC)CCN(C(=O)c1cccc(F)c1)c1nc2c(OC)ccc(Cl)c2s1. The Kier molecular flexibility index (Phi) is 7.05. The summed E-state index contributed by atoms with van der Waals surface area (Å²) in [7, 11) is 1.57. The van der Waals surface area contributed by atoms with Crippen LogP contribution in [-0.2, 0) is 0 Å². The number of fused-ring (bicyclic) bond motifs is 1. The molecule has 0 aliphatic heterocycles. The van der Waals surface area contributed by atoms with E-state index in [4.69, 9.17) is 16.3 Å². The second-order valence-corrected chi connectivity index (χ2v) is 7.80. The molecule has 0 saturated heterocycles. The molecule has 3 rings (SSSR count). The number of amides is 1. The molecule has 0 saturated carbocycles. The maximum Gasteiger partial charge on any atom is 0.260 e. The molecule has 0 aliphatic rings. The van der Waals surface area contributed by atoms with Gasteiger partial charge in [0, 0.05) is 18.7 Å². The van der Waals surface area contributed by atoms with E-state index in [0.717, 1.165) is 17.8 Å². The lowest BCUT2D eigenvalue weighted by molar-refractivity contribution is 0.0983. The molecule has 1 heterocycles. The van der Waals surface area contributed by atoms with Gasteiger partial charge in [-0.3, -0.25) is 9.69 Å². The summed E-state index contributed by atoms with van der Waals surface area (Å²) in [6.45, 7) is 7.00. The van der Waals surface area contributed by atoms with Crippen LogP contribution in [-0.4, -0.2) is 49.1 Å². The number of ether oxygens (including phenoxy) is 1. The zero-order valence-corrected chi connectivity index (χ0v) is 18.2. The fourth-order valence-corrected chi connectivity index (χ4v) is 4.34. The van der Waals surface area contributed by atoms with Crippen LogP contribution < -0.4 is 9.64 Å². The highest BCUT2D eigenvalue weighted by Gasteiger charge is 2.24. The molecule has 0 spiro atoms. The molecule has 8 heteroatoms. The molecular weight excluding hydrogens is 413 g/mol. The summed E-state index contributed by atoms with van der Waals surface area (Å²) >= 11 is 7.67. The zero-order valence-electron chi connectivity index (χ0n) is 16.6. The molecule has 1 aromatic heterocycles. The van der Waals surface area contributed by atoms with Crippen LogP contribution in [0.2, 0.25) is 5.02 Å². The average molecular weight is 436 g/mol. The van der Waals surface area contributed by atoms with Crippen molar-refractivity contribution in [3.63, 3.8) is 0 Å². The number of halogens is 2. The second-order valence-electron chi connectivity index (χ2n) is 6.42. The van der Waals surface area contributed by atoms with Gasteiger partial charge in [0.1, 0.15) is 17.1 Å². The van der Waals surface area contributed by atoms with Crippen molar-refractivity contribution in [1.82, 2.24) is 9.88 Å². The number of thiazole rings is 1. The first-order valence-electron chi connectivity index (χ1n) is 9.41. The van der Waals surface area contributed by atoms with Gasteiger partial charge in [0.05, 0.1) is 16.8 Å².